The normalized spacial score (nSPS) is 12.8. The van der Waals surface area contributed by atoms with Gasteiger partial charge in [-0.05, 0) is 58.8 Å². The third-order valence-electron chi connectivity index (χ3n) is 8.98. The van der Waals surface area contributed by atoms with Crippen LogP contribution in [-0.2, 0) is 32.9 Å². The molecule has 0 aliphatic carbocycles. The van der Waals surface area contributed by atoms with Crippen molar-refractivity contribution in [2.45, 2.75) is 32.6 Å². The van der Waals surface area contributed by atoms with Crippen LogP contribution in [0.2, 0.25) is 0 Å². The van der Waals surface area contributed by atoms with Gasteiger partial charge in [-0.2, -0.15) is 53.6 Å². The maximum atomic E-state index is 9.48. The summed E-state index contributed by atoms with van der Waals surface area (Å²) in [6.45, 7) is 6.64. The summed E-state index contributed by atoms with van der Waals surface area (Å²) in [6.07, 6.45) is 5.03. The molecule has 5 nitrogen and oxygen atoms in total. The monoisotopic (exact) mass is 817 g/mol. The summed E-state index contributed by atoms with van der Waals surface area (Å²) in [6, 6.07) is 45.0. The van der Waals surface area contributed by atoms with Crippen LogP contribution in [0.4, 0.5) is 0 Å². The van der Waals surface area contributed by atoms with Crippen LogP contribution in [0.5, 0.6) is 0 Å². The Balaban J connectivity index is 0.00000374. The quantitative estimate of drug-likeness (QED) is 0.128. The first-order valence-electron chi connectivity index (χ1n) is 17.1. The van der Waals surface area contributed by atoms with Crippen molar-refractivity contribution in [1.82, 2.24) is 14.1 Å². The Hall–Kier alpha value is -5.25. The molecule has 0 N–H and O–H groups in total. The Morgan fingerprint density at radius 2 is 1.57 bits per heavy atom. The average molecular weight is 818 g/mol. The second-order valence-corrected chi connectivity index (χ2v) is 13.1. The largest absolute Gasteiger partial charge is 0.464 e. The molecule has 0 amide bonds. The van der Waals surface area contributed by atoms with Crippen molar-refractivity contribution in [2.75, 3.05) is 0 Å². The number of benzene rings is 5. The number of para-hydroxylation sites is 3. The van der Waals surface area contributed by atoms with Crippen molar-refractivity contribution in [3.8, 4) is 17.2 Å². The van der Waals surface area contributed by atoms with E-state index in [4.69, 9.17) is 9.40 Å². The smallest absolute Gasteiger partial charge is 0.268 e. The maximum Gasteiger partial charge on any atom is 0.268 e. The molecule has 0 fully saturated rings. The van der Waals surface area contributed by atoms with Crippen molar-refractivity contribution >= 4 is 43.8 Å². The number of imidazole rings is 1. The fraction of sp³-hybridized carbons (Fsp3) is 0.116. The van der Waals surface area contributed by atoms with Crippen LogP contribution in [0.25, 0.3) is 61.0 Å². The zero-order valence-corrected chi connectivity index (χ0v) is 29.4. The summed E-state index contributed by atoms with van der Waals surface area (Å²) >= 11 is 0. The van der Waals surface area contributed by atoms with Crippen LogP contribution in [0.15, 0.2) is 132 Å². The number of fused-ring (bicyclic) bond motifs is 5. The first-order chi connectivity index (χ1) is 24.2. The minimum absolute atomic E-state index is 0. The van der Waals surface area contributed by atoms with Gasteiger partial charge in [0.15, 0.2) is 0 Å². The van der Waals surface area contributed by atoms with E-state index in [1.54, 1.807) is 18.5 Å². The van der Waals surface area contributed by atoms with Gasteiger partial charge in [-0.15, -0.1) is 5.39 Å². The van der Waals surface area contributed by atoms with E-state index in [0.29, 0.717) is 22.6 Å². The molecule has 6 heteroatoms. The summed E-state index contributed by atoms with van der Waals surface area (Å²) in [5.74, 6) is 0.710. The summed E-state index contributed by atoms with van der Waals surface area (Å²) in [5, 5.41) is 2.88. The Bertz CT molecular complexity index is 2750. The van der Waals surface area contributed by atoms with Crippen LogP contribution in [-0.4, -0.2) is 14.1 Å². The first kappa shape index (κ1) is 28.7. The predicted molar refractivity (Wildman–Crippen MR) is 191 cm³/mol. The van der Waals surface area contributed by atoms with Gasteiger partial charge in [-0.3, -0.25) is 4.57 Å². The fourth-order valence-corrected chi connectivity index (χ4v) is 6.59. The van der Waals surface area contributed by atoms with Crippen molar-refractivity contribution in [1.29, 1.82) is 0 Å². The van der Waals surface area contributed by atoms with Gasteiger partial charge in [0.1, 0.15) is 11.4 Å². The molecular weight excluding hydrogens is 784 g/mol. The second kappa shape index (κ2) is 12.0. The average Bonchev–Trinajstić information content (AvgIpc) is 3.86. The minimum atomic E-state index is -1.92. The van der Waals surface area contributed by atoms with Gasteiger partial charge in [0.25, 0.3) is 6.33 Å². The minimum Gasteiger partial charge on any atom is -0.464 e. The van der Waals surface area contributed by atoms with Crippen molar-refractivity contribution in [3.05, 3.63) is 163 Å². The molecule has 0 aliphatic rings. The van der Waals surface area contributed by atoms with Gasteiger partial charge >= 0.3 is 0 Å². The number of nitrogens with zero attached hydrogens (tertiary/aromatic N) is 4. The SMILES string of the molecule is [2H]C([2H])(c1[c-]c(-n2[c-][n+](-c3cccc(C(C)(C)C)c3)c3ccccc32)ccc1)c1[c-]c2c(cc1)c1ccccc1n2-c1nccc2occc12.[Pt]. The van der Waals surface area contributed by atoms with Gasteiger partial charge in [0.2, 0.25) is 0 Å². The van der Waals surface area contributed by atoms with E-state index < -0.39 is 6.37 Å². The second-order valence-electron chi connectivity index (χ2n) is 13.1. The Morgan fingerprint density at radius 3 is 2.45 bits per heavy atom. The van der Waals surface area contributed by atoms with Crippen LogP contribution < -0.4 is 4.57 Å². The van der Waals surface area contributed by atoms with Crippen molar-refractivity contribution < 1.29 is 32.8 Å². The number of aromatic nitrogens is 4. The van der Waals surface area contributed by atoms with Crippen molar-refractivity contribution in [2.24, 2.45) is 0 Å². The third-order valence-corrected chi connectivity index (χ3v) is 8.98. The van der Waals surface area contributed by atoms with E-state index >= 15 is 0 Å². The number of furan rings is 1. The molecule has 0 spiro atoms. The molecule has 0 radical (unpaired) electrons. The van der Waals surface area contributed by atoms with E-state index in [0.717, 1.165) is 49.5 Å². The topological polar surface area (TPSA) is 39.8 Å². The van der Waals surface area contributed by atoms with Crippen LogP contribution >= 0.6 is 0 Å². The Morgan fingerprint density at radius 1 is 0.776 bits per heavy atom. The zero-order valence-electron chi connectivity index (χ0n) is 29.1. The van der Waals surface area contributed by atoms with Crippen LogP contribution in [0.3, 0.4) is 0 Å². The summed E-state index contributed by atoms with van der Waals surface area (Å²) in [4.78, 5) is 4.76. The summed E-state index contributed by atoms with van der Waals surface area (Å²) in [7, 11) is 0. The molecule has 4 heterocycles. The maximum absolute atomic E-state index is 9.48. The summed E-state index contributed by atoms with van der Waals surface area (Å²) in [5.41, 5.74) is 8.12. The molecule has 4 aromatic heterocycles. The third kappa shape index (κ3) is 5.30. The van der Waals surface area contributed by atoms with E-state index in [1.807, 2.05) is 65.2 Å². The molecule has 5 aromatic carbocycles. The molecule has 0 atom stereocenters. The molecule has 0 bridgehead atoms. The van der Waals surface area contributed by atoms with Crippen LogP contribution in [0.1, 0.15) is 40.2 Å². The van der Waals surface area contributed by atoms with Crippen molar-refractivity contribution in [3.63, 3.8) is 0 Å². The molecule has 242 valence electrons. The zero-order chi connectivity index (χ0) is 34.2. The first-order valence-corrected chi connectivity index (χ1v) is 16.1. The van der Waals surface area contributed by atoms with E-state index in [9.17, 15) is 2.74 Å². The Kier molecular flexibility index (Phi) is 7.05. The molecule has 49 heavy (non-hydrogen) atoms. The van der Waals surface area contributed by atoms with E-state index in [2.05, 4.69) is 96.9 Å². The molecule has 9 rings (SSSR count). The number of rotatable bonds is 5. The number of pyridine rings is 1. The van der Waals surface area contributed by atoms with E-state index in [-0.39, 0.29) is 26.5 Å². The van der Waals surface area contributed by atoms with Crippen LogP contribution in [0, 0.1) is 18.5 Å². The summed E-state index contributed by atoms with van der Waals surface area (Å²) < 4.78 is 30.7. The molecular formula is C43H32N4OPt-2. The van der Waals surface area contributed by atoms with Gasteiger partial charge in [0.05, 0.1) is 28.4 Å². The molecule has 0 saturated carbocycles. The molecule has 9 aromatic rings. The van der Waals surface area contributed by atoms with Gasteiger partial charge < -0.3 is 13.6 Å². The number of hydrogen-bond acceptors (Lipinski definition) is 2. The molecule has 0 unspecified atom stereocenters. The Labute approximate surface area is 302 Å². The van der Waals surface area contributed by atoms with Gasteiger partial charge in [-0.25, -0.2) is 4.98 Å². The predicted octanol–water partition coefficient (Wildman–Crippen LogP) is 9.43. The van der Waals surface area contributed by atoms with Gasteiger partial charge in [0, 0.05) is 35.5 Å². The standard InChI is InChI=1S/C43H32N4O.Pt/c1-43(2,3)31-11-9-13-33(27-31)46-28-45(38-16-6-7-17-39(38)46)32-12-8-10-29(25-32)24-30-18-19-35-34-14-4-5-15-37(34)47(40(35)26-30)42-36-21-23-48-41(36)20-22-44-42;/h4-23,27H,24H2,1-3H3;/q-2;/i24D2;. The molecule has 0 aliphatic heterocycles. The number of hydrogen-bond donors (Lipinski definition) is 0. The fourth-order valence-electron chi connectivity index (χ4n) is 6.59. The van der Waals surface area contributed by atoms with Gasteiger partial charge in [-0.1, -0.05) is 80.9 Å². The van der Waals surface area contributed by atoms with E-state index in [1.165, 1.54) is 5.56 Å². The molecule has 0 saturated heterocycles.